The summed E-state index contributed by atoms with van der Waals surface area (Å²) in [7, 11) is 0. The Labute approximate surface area is 170 Å². The fourth-order valence-corrected chi connectivity index (χ4v) is 4.18. The maximum atomic E-state index is 6.17. The Balaban J connectivity index is 1.67. The number of rotatable bonds is 6. The predicted molar refractivity (Wildman–Crippen MR) is 111 cm³/mol. The first-order chi connectivity index (χ1) is 13.7. The van der Waals surface area contributed by atoms with Crippen molar-refractivity contribution < 1.29 is 0 Å². The lowest BCUT2D eigenvalue weighted by Gasteiger charge is -2.48. The van der Waals surface area contributed by atoms with Crippen LogP contribution in [0.2, 0.25) is 5.02 Å². The number of piperazine rings is 1. The Morgan fingerprint density at radius 2 is 1.68 bits per heavy atom. The first-order valence-electron chi connectivity index (χ1n) is 9.56. The van der Waals surface area contributed by atoms with E-state index in [4.69, 9.17) is 11.6 Å². The summed E-state index contributed by atoms with van der Waals surface area (Å²) in [6.45, 7) is 7.63. The molecular weight excluding hydrogens is 372 g/mol. The van der Waals surface area contributed by atoms with Crippen LogP contribution in [0.3, 0.4) is 0 Å². The highest BCUT2D eigenvalue weighted by molar-refractivity contribution is 6.30. The van der Waals surface area contributed by atoms with Crippen molar-refractivity contribution in [1.82, 2.24) is 24.6 Å². The van der Waals surface area contributed by atoms with Crippen molar-refractivity contribution in [2.75, 3.05) is 31.1 Å². The van der Waals surface area contributed by atoms with Gasteiger partial charge in [-0.05, 0) is 42.7 Å². The summed E-state index contributed by atoms with van der Waals surface area (Å²) in [5.74, 6) is 0.787. The summed E-state index contributed by atoms with van der Waals surface area (Å²) >= 11 is 6.17. The molecule has 0 amide bonds. The normalized spacial score (nSPS) is 17.4. The first kappa shape index (κ1) is 18.9. The van der Waals surface area contributed by atoms with Crippen LogP contribution in [0.25, 0.3) is 0 Å². The fraction of sp³-hybridized carbons (Fsp3) is 0.333. The average molecular weight is 396 g/mol. The van der Waals surface area contributed by atoms with Gasteiger partial charge < -0.3 is 4.90 Å². The lowest BCUT2D eigenvalue weighted by molar-refractivity contribution is 0.0304. The van der Waals surface area contributed by atoms with E-state index in [-0.39, 0.29) is 5.66 Å². The van der Waals surface area contributed by atoms with E-state index in [1.807, 2.05) is 36.7 Å². The third-order valence-corrected chi connectivity index (χ3v) is 5.61. The zero-order chi connectivity index (χ0) is 19.4. The van der Waals surface area contributed by atoms with E-state index in [0.29, 0.717) is 0 Å². The monoisotopic (exact) mass is 395 g/mol. The fourth-order valence-electron chi connectivity index (χ4n) is 4.06. The lowest BCUT2D eigenvalue weighted by Crippen LogP contribution is -2.59. The van der Waals surface area contributed by atoms with Gasteiger partial charge in [-0.15, -0.1) is 0 Å². The van der Waals surface area contributed by atoms with Crippen molar-refractivity contribution >= 4 is 17.5 Å². The summed E-state index contributed by atoms with van der Waals surface area (Å²) in [4.78, 5) is 13.5. The summed E-state index contributed by atoms with van der Waals surface area (Å²) in [6, 6.07) is 11.9. The van der Waals surface area contributed by atoms with Gasteiger partial charge in [0.1, 0.15) is 5.66 Å². The SMILES string of the molecule is [CH2]CCC(c1ccc(Cl)cc1)(N1CCN(c2ncccn2)CC1)n1cccn1. The van der Waals surface area contributed by atoms with Gasteiger partial charge in [-0.3, -0.25) is 4.90 Å². The van der Waals surface area contributed by atoms with Crippen molar-refractivity contribution in [2.24, 2.45) is 0 Å². The van der Waals surface area contributed by atoms with Gasteiger partial charge in [-0.2, -0.15) is 5.10 Å². The zero-order valence-corrected chi connectivity index (χ0v) is 16.5. The van der Waals surface area contributed by atoms with Crippen LogP contribution in [0, 0.1) is 6.92 Å². The molecule has 1 aliphatic rings. The minimum atomic E-state index is -0.389. The van der Waals surface area contributed by atoms with E-state index >= 15 is 0 Å². The number of halogens is 1. The molecule has 1 saturated heterocycles. The second kappa shape index (κ2) is 8.29. The highest BCUT2D eigenvalue weighted by Crippen LogP contribution is 2.36. The molecule has 1 radical (unpaired) electrons. The molecule has 4 rings (SSSR count). The topological polar surface area (TPSA) is 50.1 Å². The molecule has 0 bridgehead atoms. The van der Waals surface area contributed by atoms with Gasteiger partial charge in [0.25, 0.3) is 0 Å². The van der Waals surface area contributed by atoms with E-state index in [0.717, 1.165) is 50.0 Å². The number of nitrogens with zero attached hydrogens (tertiary/aromatic N) is 6. The molecule has 28 heavy (non-hydrogen) atoms. The highest BCUT2D eigenvalue weighted by atomic mass is 35.5. The molecule has 145 valence electrons. The highest BCUT2D eigenvalue weighted by Gasteiger charge is 2.41. The maximum absolute atomic E-state index is 6.17. The molecule has 0 saturated carbocycles. The number of hydrogen-bond donors (Lipinski definition) is 0. The molecule has 2 aromatic heterocycles. The van der Waals surface area contributed by atoms with Crippen molar-refractivity contribution in [3.63, 3.8) is 0 Å². The van der Waals surface area contributed by atoms with Gasteiger partial charge in [-0.1, -0.05) is 30.7 Å². The molecule has 1 unspecified atom stereocenters. The number of aromatic nitrogens is 4. The van der Waals surface area contributed by atoms with E-state index in [9.17, 15) is 0 Å². The second-order valence-electron chi connectivity index (χ2n) is 6.90. The van der Waals surface area contributed by atoms with Gasteiger partial charge >= 0.3 is 0 Å². The van der Waals surface area contributed by atoms with Crippen LogP contribution in [-0.4, -0.2) is 50.8 Å². The summed E-state index contributed by atoms with van der Waals surface area (Å²) in [5, 5.41) is 5.37. The zero-order valence-electron chi connectivity index (χ0n) is 15.8. The van der Waals surface area contributed by atoms with Crippen molar-refractivity contribution in [3.05, 3.63) is 78.7 Å². The van der Waals surface area contributed by atoms with Gasteiger partial charge in [0, 0.05) is 56.0 Å². The van der Waals surface area contributed by atoms with Crippen LogP contribution >= 0.6 is 11.6 Å². The van der Waals surface area contributed by atoms with Crippen LogP contribution in [0.1, 0.15) is 18.4 Å². The molecule has 0 aliphatic carbocycles. The largest absolute Gasteiger partial charge is 0.338 e. The standard InChI is InChI=1S/C21H24ClN6/c1-2-9-21(28-13-4-12-25-28,18-5-7-19(22)8-6-18)27-16-14-26(15-17-27)20-23-10-3-11-24-20/h3-8,10-13H,1-2,9,14-17H2. The number of anilines is 1. The second-order valence-corrected chi connectivity index (χ2v) is 7.34. The molecule has 3 aromatic rings. The Hall–Kier alpha value is -2.44. The predicted octanol–water partition coefficient (Wildman–Crippen LogP) is 3.46. The Morgan fingerprint density at radius 1 is 0.964 bits per heavy atom. The van der Waals surface area contributed by atoms with E-state index in [1.54, 1.807) is 12.4 Å². The third kappa shape index (κ3) is 3.50. The molecule has 3 heterocycles. The Morgan fingerprint density at radius 3 is 2.29 bits per heavy atom. The minimum Gasteiger partial charge on any atom is -0.338 e. The average Bonchev–Trinajstić information content (AvgIpc) is 3.29. The van der Waals surface area contributed by atoms with Crippen LogP contribution < -0.4 is 4.90 Å². The smallest absolute Gasteiger partial charge is 0.225 e. The first-order valence-corrected chi connectivity index (χ1v) is 9.94. The van der Waals surface area contributed by atoms with Crippen molar-refractivity contribution in [3.8, 4) is 0 Å². The molecule has 0 N–H and O–H groups in total. The molecule has 1 aliphatic heterocycles. The number of benzene rings is 1. The molecule has 1 atom stereocenters. The van der Waals surface area contributed by atoms with Gasteiger partial charge in [0.15, 0.2) is 0 Å². The number of hydrogen-bond acceptors (Lipinski definition) is 5. The van der Waals surface area contributed by atoms with E-state index in [1.165, 1.54) is 5.56 Å². The third-order valence-electron chi connectivity index (χ3n) is 5.35. The van der Waals surface area contributed by atoms with Crippen molar-refractivity contribution in [2.45, 2.75) is 18.5 Å². The molecule has 1 fully saturated rings. The minimum absolute atomic E-state index is 0.389. The maximum Gasteiger partial charge on any atom is 0.225 e. The van der Waals surface area contributed by atoms with Gasteiger partial charge in [0.2, 0.25) is 5.95 Å². The summed E-state index contributed by atoms with van der Waals surface area (Å²) < 4.78 is 2.07. The van der Waals surface area contributed by atoms with Gasteiger partial charge in [-0.25, -0.2) is 14.6 Å². The lowest BCUT2D eigenvalue weighted by atomic mass is 9.91. The summed E-state index contributed by atoms with van der Waals surface area (Å²) in [5.41, 5.74) is 0.785. The van der Waals surface area contributed by atoms with Crippen LogP contribution in [-0.2, 0) is 5.66 Å². The quantitative estimate of drug-likeness (QED) is 0.639. The Kier molecular flexibility index (Phi) is 5.59. The van der Waals surface area contributed by atoms with E-state index in [2.05, 4.69) is 48.6 Å². The molecule has 7 heteroatoms. The van der Waals surface area contributed by atoms with E-state index < -0.39 is 0 Å². The molecule has 0 spiro atoms. The van der Waals surface area contributed by atoms with Crippen molar-refractivity contribution in [1.29, 1.82) is 0 Å². The van der Waals surface area contributed by atoms with Crippen LogP contribution in [0.5, 0.6) is 0 Å². The van der Waals surface area contributed by atoms with Crippen LogP contribution in [0.4, 0.5) is 5.95 Å². The van der Waals surface area contributed by atoms with Crippen LogP contribution in [0.15, 0.2) is 61.2 Å². The molecule has 1 aromatic carbocycles. The molecular formula is C21H24ClN6. The Bertz CT molecular complexity index is 860. The molecule has 6 nitrogen and oxygen atoms in total. The summed E-state index contributed by atoms with van der Waals surface area (Å²) in [6.07, 6.45) is 9.11. The van der Waals surface area contributed by atoms with Gasteiger partial charge in [0.05, 0.1) is 0 Å².